The van der Waals surface area contributed by atoms with Crippen LogP contribution in [0.2, 0.25) is 5.02 Å². The number of carbonyl (C=O) groups excluding carboxylic acids is 3. The monoisotopic (exact) mass is 364 g/mol. The van der Waals surface area contributed by atoms with Crippen LogP contribution in [0.5, 0.6) is 0 Å². The van der Waals surface area contributed by atoms with Crippen LogP contribution in [0.3, 0.4) is 0 Å². The highest BCUT2D eigenvalue weighted by Gasteiger charge is 2.13. The molecule has 0 aliphatic carbocycles. The van der Waals surface area contributed by atoms with Gasteiger partial charge in [0.05, 0.1) is 5.56 Å². The molecule has 1 aromatic carbocycles. The number of benzene rings is 1. The van der Waals surface area contributed by atoms with Gasteiger partial charge in [0.2, 0.25) is 0 Å². The number of rotatable bonds is 6. The highest BCUT2D eigenvalue weighted by atomic mass is 35.5. The Balaban J connectivity index is 1.82. The Hall–Kier alpha value is -2.64. The number of anilines is 1. The molecule has 0 saturated heterocycles. The first-order valence-electron chi connectivity index (χ1n) is 6.73. The van der Waals surface area contributed by atoms with Crippen LogP contribution in [-0.2, 0) is 14.3 Å². The number of nitrogens with two attached hydrogens (primary N) is 1. The summed E-state index contributed by atoms with van der Waals surface area (Å²) >= 11 is 6.91. The van der Waals surface area contributed by atoms with Gasteiger partial charge >= 0.3 is 5.97 Å². The molecule has 0 atom stereocenters. The summed E-state index contributed by atoms with van der Waals surface area (Å²) < 4.78 is 4.82. The average Bonchev–Trinajstić information content (AvgIpc) is 3.00. The Morgan fingerprint density at radius 3 is 2.58 bits per heavy atom. The molecular formula is C16H13ClN2O4S. The molecule has 0 unspecified atom stereocenters. The maximum absolute atomic E-state index is 11.7. The molecule has 0 aliphatic heterocycles. The Kier molecular flexibility index (Phi) is 6.11. The number of amides is 2. The van der Waals surface area contributed by atoms with Crippen LogP contribution in [0.4, 0.5) is 5.00 Å². The van der Waals surface area contributed by atoms with Crippen LogP contribution in [-0.4, -0.2) is 24.4 Å². The van der Waals surface area contributed by atoms with Crippen molar-refractivity contribution >= 4 is 51.8 Å². The highest BCUT2D eigenvalue weighted by molar-refractivity contribution is 7.14. The van der Waals surface area contributed by atoms with E-state index in [-0.39, 0.29) is 5.56 Å². The van der Waals surface area contributed by atoms with Crippen LogP contribution < -0.4 is 11.1 Å². The molecule has 0 saturated carbocycles. The Morgan fingerprint density at radius 2 is 1.92 bits per heavy atom. The first-order chi connectivity index (χ1) is 11.5. The molecule has 124 valence electrons. The SMILES string of the molecule is NC(=O)c1ccsc1NC(=O)COC(=O)C=Cc1ccc(Cl)cc1. The first kappa shape index (κ1) is 17.7. The van der Waals surface area contributed by atoms with Crippen molar-refractivity contribution in [1.29, 1.82) is 0 Å². The van der Waals surface area contributed by atoms with E-state index in [1.807, 2.05) is 0 Å². The summed E-state index contributed by atoms with van der Waals surface area (Å²) in [5, 5.41) is 5.00. The average molecular weight is 365 g/mol. The van der Waals surface area contributed by atoms with E-state index in [0.717, 1.165) is 16.9 Å². The van der Waals surface area contributed by atoms with Gasteiger partial charge in [-0.2, -0.15) is 0 Å². The second kappa shape index (κ2) is 8.28. The topological polar surface area (TPSA) is 98.5 Å². The molecule has 8 heteroatoms. The molecule has 2 aromatic rings. The van der Waals surface area contributed by atoms with Gasteiger partial charge in [-0.1, -0.05) is 23.7 Å². The predicted molar refractivity (Wildman–Crippen MR) is 92.9 cm³/mol. The maximum atomic E-state index is 11.7. The fraction of sp³-hybridized carbons (Fsp3) is 0.0625. The van der Waals surface area contributed by atoms with Crippen molar-refractivity contribution in [3.8, 4) is 0 Å². The summed E-state index contributed by atoms with van der Waals surface area (Å²) in [6.07, 6.45) is 2.75. The number of hydrogen-bond acceptors (Lipinski definition) is 5. The lowest BCUT2D eigenvalue weighted by Gasteiger charge is -2.04. The maximum Gasteiger partial charge on any atom is 0.331 e. The molecule has 1 aromatic heterocycles. The molecule has 6 nitrogen and oxygen atoms in total. The summed E-state index contributed by atoms with van der Waals surface area (Å²) in [6, 6.07) is 8.36. The van der Waals surface area contributed by atoms with Gasteiger partial charge in [-0.3, -0.25) is 9.59 Å². The number of hydrogen-bond donors (Lipinski definition) is 2. The smallest absolute Gasteiger partial charge is 0.331 e. The second-order valence-electron chi connectivity index (χ2n) is 4.57. The van der Waals surface area contributed by atoms with E-state index in [9.17, 15) is 14.4 Å². The lowest BCUT2D eigenvalue weighted by atomic mass is 10.2. The number of halogens is 1. The van der Waals surface area contributed by atoms with Crippen LogP contribution >= 0.6 is 22.9 Å². The van der Waals surface area contributed by atoms with Crippen molar-refractivity contribution in [2.75, 3.05) is 11.9 Å². The third kappa shape index (κ3) is 5.22. The van der Waals surface area contributed by atoms with E-state index in [1.54, 1.807) is 35.7 Å². The molecule has 0 aliphatic rings. The molecule has 0 bridgehead atoms. The summed E-state index contributed by atoms with van der Waals surface area (Å²) in [6.45, 7) is -0.472. The fourth-order valence-corrected chi connectivity index (χ4v) is 2.62. The Morgan fingerprint density at radius 1 is 1.21 bits per heavy atom. The quantitative estimate of drug-likeness (QED) is 0.608. The Bertz CT molecular complexity index is 784. The minimum absolute atomic E-state index is 0.210. The third-order valence-corrected chi connectivity index (χ3v) is 3.89. The van der Waals surface area contributed by atoms with E-state index in [1.165, 1.54) is 12.1 Å². The van der Waals surface area contributed by atoms with Crippen LogP contribution in [0.15, 0.2) is 41.8 Å². The number of carbonyl (C=O) groups is 3. The summed E-state index contributed by atoms with van der Waals surface area (Å²) in [7, 11) is 0. The van der Waals surface area contributed by atoms with E-state index in [4.69, 9.17) is 22.1 Å². The predicted octanol–water partition coefficient (Wildman–Crippen LogP) is 2.70. The van der Waals surface area contributed by atoms with Crippen LogP contribution in [0.1, 0.15) is 15.9 Å². The summed E-state index contributed by atoms with van der Waals surface area (Å²) in [5.74, 6) is -1.87. The van der Waals surface area contributed by atoms with Crippen molar-refractivity contribution in [1.82, 2.24) is 0 Å². The third-order valence-electron chi connectivity index (χ3n) is 2.81. The molecule has 3 N–H and O–H groups in total. The zero-order chi connectivity index (χ0) is 17.5. The van der Waals surface area contributed by atoms with Gasteiger partial charge in [0.1, 0.15) is 5.00 Å². The van der Waals surface area contributed by atoms with Crippen molar-refractivity contribution in [3.63, 3.8) is 0 Å². The van der Waals surface area contributed by atoms with E-state index >= 15 is 0 Å². The van der Waals surface area contributed by atoms with Gasteiger partial charge in [-0.25, -0.2) is 4.79 Å². The van der Waals surface area contributed by atoms with E-state index < -0.39 is 24.4 Å². The lowest BCUT2D eigenvalue weighted by molar-refractivity contribution is -0.142. The molecule has 0 spiro atoms. The molecular weight excluding hydrogens is 352 g/mol. The highest BCUT2D eigenvalue weighted by Crippen LogP contribution is 2.22. The zero-order valence-electron chi connectivity index (χ0n) is 12.3. The van der Waals surface area contributed by atoms with Gasteiger partial charge in [-0.05, 0) is 35.2 Å². The largest absolute Gasteiger partial charge is 0.452 e. The van der Waals surface area contributed by atoms with Gasteiger partial charge < -0.3 is 15.8 Å². The van der Waals surface area contributed by atoms with Gasteiger partial charge in [0, 0.05) is 11.1 Å². The number of ether oxygens (including phenoxy) is 1. The molecule has 1 heterocycles. The van der Waals surface area contributed by atoms with Gasteiger partial charge in [0.15, 0.2) is 6.61 Å². The number of thiophene rings is 1. The van der Waals surface area contributed by atoms with Crippen LogP contribution in [0.25, 0.3) is 6.08 Å². The first-order valence-corrected chi connectivity index (χ1v) is 7.99. The van der Waals surface area contributed by atoms with Crippen molar-refractivity contribution in [2.24, 2.45) is 5.73 Å². The normalized spacial score (nSPS) is 10.5. The molecule has 0 radical (unpaired) electrons. The minimum Gasteiger partial charge on any atom is -0.452 e. The Labute approximate surface area is 146 Å². The summed E-state index contributed by atoms with van der Waals surface area (Å²) in [5.41, 5.74) is 6.15. The minimum atomic E-state index is -0.665. The molecule has 24 heavy (non-hydrogen) atoms. The van der Waals surface area contributed by atoms with E-state index in [2.05, 4.69) is 5.32 Å². The fourth-order valence-electron chi connectivity index (χ4n) is 1.69. The van der Waals surface area contributed by atoms with Crippen molar-refractivity contribution in [2.45, 2.75) is 0 Å². The lowest BCUT2D eigenvalue weighted by Crippen LogP contribution is -2.21. The zero-order valence-corrected chi connectivity index (χ0v) is 13.9. The van der Waals surface area contributed by atoms with Crippen molar-refractivity contribution < 1.29 is 19.1 Å². The molecule has 2 rings (SSSR count). The van der Waals surface area contributed by atoms with E-state index in [0.29, 0.717) is 10.0 Å². The summed E-state index contributed by atoms with van der Waals surface area (Å²) in [4.78, 5) is 34.5. The van der Waals surface area contributed by atoms with Crippen molar-refractivity contribution in [3.05, 3.63) is 57.9 Å². The second-order valence-corrected chi connectivity index (χ2v) is 5.92. The molecule has 0 fully saturated rings. The number of esters is 1. The number of nitrogens with one attached hydrogen (secondary N) is 1. The van der Waals surface area contributed by atoms with Gasteiger partial charge in [-0.15, -0.1) is 11.3 Å². The van der Waals surface area contributed by atoms with Crippen LogP contribution in [0, 0.1) is 0 Å². The molecule has 2 amide bonds. The number of primary amides is 1. The standard InChI is InChI=1S/C16H13ClN2O4S/c17-11-4-1-10(2-5-11)3-6-14(21)23-9-13(20)19-16-12(15(18)22)7-8-24-16/h1-8H,9H2,(H2,18,22)(H,19,20). The van der Waals surface area contributed by atoms with Gasteiger partial charge in [0.25, 0.3) is 11.8 Å².